The van der Waals surface area contributed by atoms with E-state index in [1.165, 1.54) is 7.11 Å². The summed E-state index contributed by atoms with van der Waals surface area (Å²) in [7, 11) is -2.39. The molecule has 8 heteroatoms. The number of aryl methyl sites for hydroxylation is 2. The van der Waals surface area contributed by atoms with Gasteiger partial charge < -0.3 is 9.30 Å². The number of nitrogens with two attached hydrogens (primary N) is 1. The van der Waals surface area contributed by atoms with Crippen molar-refractivity contribution in [2.24, 2.45) is 5.14 Å². The first kappa shape index (κ1) is 18.1. The van der Waals surface area contributed by atoms with Gasteiger partial charge in [0, 0.05) is 35.4 Å². The first-order chi connectivity index (χ1) is 12.3. The molecule has 3 aromatic rings. The summed E-state index contributed by atoms with van der Waals surface area (Å²) in [5, 5.41) is 6.00. The summed E-state index contributed by atoms with van der Waals surface area (Å²) in [5.41, 5.74) is 3.54. The van der Waals surface area contributed by atoms with E-state index >= 15 is 0 Å². The number of hydrogen-bond acceptors (Lipinski definition) is 5. The summed E-state index contributed by atoms with van der Waals surface area (Å²) in [4.78, 5) is 16.6. The lowest BCUT2D eigenvalue weighted by Crippen LogP contribution is -2.22. The molecule has 0 unspecified atom stereocenters. The van der Waals surface area contributed by atoms with Crippen LogP contribution in [0.2, 0.25) is 0 Å². The highest BCUT2D eigenvalue weighted by molar-refractivity contribution is 7.89. The Morgan fingerprint density at radius 2 is 1.92 bits per heavy atom. The van der Waals surface area contributed by atoms with E-state index < -0.39 is 16.0 Å². The Labute approximate surface area is 151 Å². The van der Waals surface area contributed by atoms with Crippen molar-refractivity contribution in [3.8, 4) is 11.1 Å². The number of aromatic nitrogens is 2. The summed E-state index contributed by atoms with van der Waals surface area (Å²) in [5.74, 6) is -0.829. The highest BCUT2D eigenvalue weighted by atomic mass is 32.2. The quantitative estimate of drug-likeness (QED) is 0.690. The Morgan fingerprint density at radius 1 is 1.23 bits per heavy atom. The molecule has 136 valence electrons. The van der Waals surface area contributed by atoms with E-state index in [0.29, 0.717) is 11.3 Å². The lowest BCUT2D eigenvalue weighted by Gasteiger charge is -2.10. The van der Waals surface area contributed by atoms with E-state index in [1.807, 2.05) is 25.1 Å². The van der Waals surface area contributed by atoms with Crippen LogP contribution in [0.3, 0.4) is 0 Å². The molecule has 1 aromatic carbocycles. The monoisotopic (exact) mass is 373 g/mol. The van der Waals surface area contributed by atoms with Gasteiger partial charge in [0.2, 0.25) is 10.0 Å². The zero-order chi connectivity index (χ0) is 18.9. The molecule has 7 nitrogen and oxygen atoms in total. The van der Waals surface area contributed by atoms with Crippen LogP contribution in [0.4, 0.5) is 0 Å². The number of primary sulfonamides is 1. The number of fused-ring (bicyclic) bond motifs is 1. The van der Waals surface area contributed by atoms with Gasteiger partial charge in [-0.3, -0.25) is 4.98 Å². The molecular formula is C18H19N3O4S. The fourth-order valence-corrected chi connectivity index (χ4v) is 3.48. The Bertz CT molecular complexity index is 1070. The maximum atomic E-state index is 12.6. The lowest BCUT2D eigenvalue weighted by atomic mass is 10.0. The number of hydrogen-bond donors (Lipinski definition) is 1. The number of benzene rings is 1. The van der Waals surface area contributed by atoms with Gasteiger partial charge in [-0.1, -0.05) is 11.6 Å². The molecule has 0 aliphatic carbocycles. The predicted octanol–water partition coefficient (Wildman–Crippen LogP) is 2.09. The summed E-state index contributed by atoms with van der Waals surface area (Å²) >= 11 is 0. The van der Waals surface area contributed by atoms with E-state index in [2.05, 4.69) is 4.98 Å². The van der Waals surface area contributed by atoms with Crippen molar-refractivity contribution in [2.45, 2.75) is 13.5 Å². The molecule has 0 aliphatic heterocycles. The maximum Gasteiger partial charge on any atom is 0.355 e. The van der Waals surface area contributed by atoms with E-state index in [1.54, 1.807) is 29.1 Å². The van der Waals surface area contributed by atoms with Gasteiger partial charge in [-0.25, -0.2) is 18.4 Å². The summed E-state index contributed by atoms with van der Waals surface area (Å²) in [6, 6.07) is 9.34. The maximum absolute atomic E-state index is 12.6. The van der Waals surface area contributed by atoms with Gasteiger partial charge in [0.25, 0.3) is 0 Å². The Morgan fingerprint density at radius 3 is 2.54 bits per heavy atom. The summed E-state index contributed by atoms with van der Waals surface area (Å²) < 4.78 is 29.6. The molecule has 0 radical (unpaired) electrons. The molecule has 2 aromatic heterocycles. The third-order valence-corrected chi connectivity index (χ3v) is 4.92. The largest absolute Gasteiger partial charge is 0.464 e. The normalized spacial score (nSPS) is 11.7. The van der Waals surface area contributed by atoms with E-state index in [9.17, 15) is 13.2 Å². The van der Waals surface area contributed by atoms with Crippen LogP contribution in [0.15, 0.2) is 42.7 Å². The van der Waals surface area contributed by atoms with Crippen molar-refractivity contribution < 1.29 is 17.9 Å². The van der Waals surface area contributed by atoms with Gasteiger partial charge in [0.05, 0.1) is 12.9 Å². The number of methoxy groups -OCH3 is 1. The van der Waals surface area contributed by atoms with Crippen LogP contribution in [0.25, 0.3) is 22.0 Å². The zero-order valence-electron chi connectivity index (χ0n) is 14.5. The minimum atomic E-state index is -3.69. The van der Waals surface area contributed by atoms with E-state index in [4.69, 9.17) is 9.88 Å². The molecular weight excluding hydrogens is 354 g/mol. The van der Waals surface area contributed by atoms with Crippen LogP contribution in [0, 0.1) is 6.92 Å². The Hall–Kier alpha value is -2.71. The van der Waals surface area contributed by atoms with Crippen molar-refractivity contribution in [1.29, 1.82) is 0 Å². The van der Waals surface area contributed by atoms with Crippen LogP contribution >= 0.6 is 0 Å². The van der Waals surface area contributed by atoms with Crippen molar-refractivity contribution >= 4 is 26.9 Å². The first-order valence-electron chi connectivity index (χ1n) is 7.94. The SMILES string of the molecule is COC(=O)c1c(-c2ccncc2)c2cc(C)ccc2n1CCS(N)(=O)=O. The lowest BCUT2D eigenvalue weighted by molar-refractivity contribution is 0.0590. The molecule has 0 atom stereocenters. The van der Waals surface area contributed by atoms with Gasteiger partial charge in [-0.2, -0.15) is 0 Å². The minimum absolute atomic E-state index is 0.0495. The topological polar surface area (TPSA) is 104 Å². The van der Waals surface area contributed by atoms with Crippen molar-refractivity contribution in [2.75, 3.05) is 12.9 Å². The number of rotatable bonds is 5. The molecule has 0 aliphatic rings. The van der Waals surface area contributed by atoms with Crippen molar-refractivity contribution in [3.63, 3.8) is 0 Å². The highest BCUT2D eigenvalue weighted by Gasteiger charge is 2.25. The number of esters is 1. The molecule has 0 saturated heterocycles. The number of carbonyl (C=O) groups is 1. The standard InChI is InChI=1S/C18H19N3O4S/c1-12-3-4-15-14(11-12)16(13-5-7-20-8-6-13)17(18(22)25-2)21(15)9-10-26(19,23)24/h3-8,11H,9-10H2,1-2H3,(H2,19,23,24). The number of ether oxygens (including phenoxy) is 1. The number of pyridine rings is 1. The van der Waals surface area contributed by atoms with Gasteiger partial charge in [0.1, 0.15) is 5.69 Å². The summed E-state index contributed by atoms with van der Waals surface area (Å²) in [6.07, 6.45) is 3.28. The molecule has 0 saturated carbocycles. The van der Waals surface area contributed by atoms with Gasteiger partial charge in [0.15, 0.2) is 0 Å². The van der Waals surface area contributed by atoms with Gasteiger partial charge in [-0.15, -0.1) is 0 Å². The third kappa shape index (κ3) is 3.47. The molecule has 26 heavy (non-hydrogen) atoms. The molecule has 2 N–H and O–H groups in total. The second-order valence-corrected chi connectivity index (χ2v) is 7.72. The summed E-state index contributed by atoms with van der Waals surface area (Å²) in [6.45, 7) is 2.00. The fourth-order valence-electron chi connectivity index (χ4n) is 3.04. The van der Waals surface area contributed by atoms with Crippen LogP contribution in [-0.4, -0.2) is 36.8 Å². The molecule has 3 rings (SSSR count). The predicted molar refractivity (Wildman–Crippen MR) is 99.2 cm³/mol. The highest BCUT2D eigenvalue weighted by Crippen LogP contribution is 2.36. The van der Waals surface area contributed by atoms with Crippen molar-refractivity contribution in [1.82, 2.24) is 9.55 Å². The van der Waals surface area contributed by atoms with E-state index in [0.717, 1.165) is 22.0 Å². The molecule has 0 amide bonds. The minimum Gasteiger partial charge on any atom is -0.464 e. The van der Waals surface area contributed by atoms with E-state index in [-0.39, 0.29) is 12.3 Å². The third-order valence-electron chi connectivity index (χ3n) is 4.17. The second-order valence-electron chi connectivity index (χ2n) is 5.99. The van der Waals surface area contributed by atoms with Crippen LogP contribution in [0.1, 0.15) is 16.1 Å². The van der Waals surface area contributed by atoms with Gasteiger partial charge >= 0.3 is 5.97 Å². The Kier molecular flexibility index (Phi) is 4.80. The second kappa shape index (κ2) is 6.89. The average Bonchev–Trinajstić information content (AvgIpc) is 2.92. The molecule has 0 fully saturated rings. The zero-order valence-corrected chi connectivity index (χ0v) is 15.3. The van der Waals surface area contributed by atoms with Crippen LogP contribution in [0.5, 0.6) is 0 Å². The van der Waals surface area contributed by atoms with Crippen molar-refractivity contribution in [3.05, 3.63) is 54.0 Å². The average molecular weight is 373 g/mol. The van der Waals surface area contributed by atoms with Crippen LogP contribution < -0.4 is 5.14 Å². The number of carbonyl (C=O) groups excluding carboxylic acids is 1. The number of nitrogens with zero attached hydrogens (tertiary/aromatic N) is 2. The fraction of sp³-hybridized carbons (Fsp3) is 0.222. The molecule has 0 bridgehead atoms. The molecule has 0 spiro atoms. The molecule has 2 heterocycles. The first-order valence-corrected chi connectivity index (χ1v) is 9.65. The van der Waals surface area contributed by atoms with Gasteiger partial charge in [-0.05, 0) is 36.8 Å². The van der Waals surface area contributed by atoms with Crippen LogP contribution in [-0.2, 0) is 21.3 Å². The smallest absolute Gasteiger partial charge is 0.355 e. The number of sulfonamides is 1. The Balaban J connectivity index is 2.36.